The molecular formula is C7H3ClN2O2S. The molecule has 13 heavy (non-hydrogen) atoms. The van der Waals surface area contributed by atoms with E-state index >= 15 is 0 Å². The lowest BCUT2D eigenvalue weighted by atomic mass is 10.4. The van der Waals surface area contributed by atoms with Gasteiger partial charge >= 0.3 is 5.97 Å². The Morgan fingerprint density at radius 3 is 3.00 bits per heavy atom. The zero-order valence-corrected chi connectivity index (χ0v) is 7.76. The summed E-state index contributed by atoms with van der Waals surface area (Å²) in [7, 11) is 0. The van der Waals surface area contributed by atoms with E-state index in [1.54, 1.807) is 11.4 Å². The molecule has 0 aliphatic heterocycles. The molecule has 4 nitrogen and oxygen atoms in total. The molecule has 0 unspecified atom stereocenters. The first-order chi connectivity index (χ1) is 6.18. The van der Waals surface area contributed by atoms with E-state index in [0.717, 1.165) is 0 Å². The summed E-state index contributed by atoms with van der Waals surface area (Å²) in [6, 6.07) is 1.76. The normalized spacial score (nSPS) is 10.5. The van der Waals surface area contributed by atoms with Gasteiger partial charge in [-0.3, -0.25) is 0 Å². The molecular weight excluding hydrogens is 212 g/mol. The second-order valence-corrected chi connectivity index (χ2v) is 3.54. The summed E-state index contributed by atoms with van der Waals surface area (Å²) < 4.78 is 0. The van der Waals surface area contributed by atoms with Gasteiger partial charge in [0, 0.05) is 5.39 Å². The van der Waals surface area contributed by atoms with Crippen LogP contribution in [-0.2, 0) is 0 Å². The van der Waals surface area contributed by atoms with Gasteiger partial charge in [-0.1, -0.05) is 11.6 Å². The Morgan fingerprint density at radius 2 is 2.31 bits per heavy atom. The molecule has 0 bridgehead atoms. The highest BCUT2D eigenvalue weighted by Crippen LogP contribution is 2.24. The molecule has 1 N–H and O–H groups in total. The maximum Gasteiger partial charge on any atom is 0.374 e. The molecule has 2 aromatic heterocycles. The number of halogens is 1. The highest BCUT2D eigenvalue weighted by Gasteiger charge is 2.11. The van der Waals surface area contributed by atoms with Crippen LogP contribution in [0.5, 0.6) is 0 Å². The molecule has 6 heteroatoms. The maximum absolute atomic E-state index is 10.5. The number of thiophene rings is 1. The summed E-state index contributed by atoms with van der Waals surface area (Å²) in [5.74, 6) is -1.43. The number of hydrogen-bond acceptors (Lipinski definition) is 4. The highest BCUT2D eigenvalue weighted by molar-refractivity contribution is 7.16. The molecule has 2 heterocycles. The fraction of sp³-hybridized carbons (Fsp3) is 0. The fourth-order valence-electron chi connectivity index (χ4n) is 0.915. The molecule has 66 valence electrons. The van der Waals surface area contributed by atoms with Gasteiger partial charge < -0.3 is 5.11 Å². The molecule has 0 amide bonds. The van der Waals surface area contributed by atoms with Crippen LogP contribution >= 0.6 is 22.9 Å². The third-order valence-corrected chi connectivity index (χ3v) is 2.56. The number of carboxylic acids is 1. The van der Waals surface area contributed by atoms with Gasteiger partial charge in [-0.05, 0) is 11.4 Å². The summed E-state index contributed by atoms with van der Waals surface area (Å²) in [5.41, 5.74) is 0. The van der Waals surface area contributed by atoms with Crippen molar-refractivity contribution in [3.63, 3.8) is 0 Å². The summed E-state index contributed by atoms with van der Waals surface area (Å²) >= 11 is 7.07. The van der Waals surface area contributed by atoms with Crippen molar-refractivity contribution in [2.24, 2.45) is 0 Å². The molecule has 0 radical (unpaired) electrons. The highest BCUT2D eigenvalue weighted by atomic mass is 35.5. The van der Waals surface area contributed by atoms with E-state index in [4.69, 9.17) is 16.7 Å². The third kappa shape index (κ3) is 1.36. The zero-order chi connectivity index (χ0) is 9.42. The van der Waals surface area contributed by atoms with Crippen molar-refractivity contribution < 1.29 is 9.90 Å². The average molecular weight is 215 g/mol. The molecule has 0 aromatic carbocycles. The first-order valence-electron chi connectivity index (χ1n) is 3.32. The van der Waals surface area contributed by atoms with E-state index in [9.17, 15) is 4.79 Å². The molecule has 0 aliphatic carbocycles. The van der Waals surface area contributed by atoms with Gasteiger partial charge in [0.2, 0.25) is 5.82 Å². The molecule has 2 rings (SSSR count). The van der Waals surface area contributed by atoms with E-state index in [2.05, 4.69) is 9.97 Å². The lowest BCUT2D eigenvalue weighted by Gasteiger charge is -1.95. The quantitative estimate of drug-likeness (QED) is 0.738. The molecule has 0 spiro atoms. The van der Waals surface area contributed by atoms with Crippen LogP contribution in [0.1, 0.15) is 10.6 Å². The minimum Gasteiger partial charge on any atom is -0.475 e. The lowest BCUT2D eigenvalue weighted by molar-refractivity contribution is 0.0684. The first-order valence-corrected chi connectivity index (χ1v) is 4.58. The van der Waals surface area contributed by atoms with Gasteiger partial charge in [0.25, 0.3) is 0 Å². The summed E-state index contributed by atoms with van der Waals surface area (Å²) in [6.07, 6.45) is 0. The van der Waals surface area contributed by atoms with E-state index in [0.29, 0.717) is 10.2 Å². The number of carboxylic acid groups (broad SMARTS) is 1. The molecule has 0 atom stereocenters. The minimum absolute atomic E-state index is 0.184. The molecule has 2 aromatic rings. The molecule has 0 fully saturated rings. The van der Waals surface area contributed by atoms with E-state index in [1.807, 2.05) is 0 Å². The Balaban J connectivity index is 2.77. The Hall–Kier alpha value is -1.20. The van der Waals surface area contributed by atoms with Crippen LogP contribution < -0.4 is 0 Å². The Morgan fingerprint density at radius 1 is 1.54 bits per heavy atom. The maximum atomic E-state index is 10.5. The SMILES string of the molecule is O=C(O)c1nc(Cl)c2ccsc2n1. The third-order valence-electron chi connectivity index (χ3n) is 1.47. The van der Waals surface area contributed by atoms with Gasteiger partial charge in [0.1, 0.15) is 9.98 Å². The Bertz CT molecular complexity index is 482. The Kier molecular flexibility index (Phi) is 1.90. The van der Waals surface area contributed by atoms with E-state index in [1.165, 1.54) is 11.3 Å². The van der Waals surface area contributed by atoms with Gasteiger partial charge in [0.15, 0.2) is 0 Å². The number of hydrogen-bond donors (Lipinski definition) is 1. The smallest absolute Gasteiger partial charge is 0.374 e. The lowest BCUT2D eigenvalue weighted by Crippen LogP contribution is -2.03. The predicted octanol–water partition coefficient (Wildman–Crippen LogP) is 2.04. The topological polar surface area (TPSA) is 63.1 Å². The van der Waals surface area contributed by atoms with Crippen LogP contribution in [0.3, 0.4) is 0 Å². The van der Waals surface area contributed by atoms with Crippen molar-refractivity contribution in [1.29, 1.82) is 0 Å². The van der Waals surface area contributed by atoms with Crippen LogP contribution in [0.25, 0.3) is 10.2 Å². The number of fused-ring (bicyclic) bond motifs is 1. The van der Waals surface area contributed by atoms with E-state index < -0.39 is 5.97 Å². The standard InChI is InChI=1S/C7H3ClN2O2S/c8-4-3-1-2-13-6(3)10-5(9-4)7(11)12/h1-2H,(H,11,12). The van der Waals surface area contributed by atoms with Crippen LogP contribution in [0.15, 0.2) is 11.4 Å². The first kappa shape index (κ1) is 8.40. The number of carbonyl (C=O) groups is 1. The monoisotopic (exact) mass is 214 g/mol. The van der Waals surface area contributed by atoms with Crippen molar-refractivity contribution in [3.05, 3.63) is 22.4 Å². The van der Waals surface area contributed by atoms with Crippen molar-refractivity contribution in [2.45, 2.75) is 0 Å². The number of rotatable bonds is 1. The van der Waals surface area contributed by atoms with Gasteiger partial charge in [0.05, 0.1) is 0 Å². The Labute approximate surface area is 81.8 Å². The predicted molar refractivity (Wildman–Crippen MR) is 49.4 cm³/mol. The number of aromatic carboxylic acids is 1. The minimum atomic E-state index is -1.17. The van der Waals surface area contributed by atoms with Crippen molar-refractivity contribution in [2.75, 3.05) is 0 Å². The van der Waals surface area contributed by atoms with Crippen LogP contribution in [0.4, 0.5) is 0 Å². The second-order valence-electron chi connectivity index (χ2n) is 2.28. The molecule has 0 saturated carbocycles. The van der Waals surface area contributed by atoms with Crippen molar-refractivity contribution in [1.82, 2.24) is 9.97 Å². The second kappa shape index (κ2) is 2.93. The summed E-state index contributed by atoms with van der Waals surface area (Å²) in [5, 5.41) is 11.3. The number of aromatic nitrogens is 2. The largest absolute Gasteiger partial charge is 0.475 e. The van der Waals surface area contributed by atoms with Crippen LogP contribution in [0, 0.1) is 0 Å². The zero-order valence-electron chi connectivity index (χ0n) is 6.19. The van der Waals surface area contributed by atoms with Gasteiger partial charge in [-0.25, -0.2) is 14.8 Å². The van der Waals surface area contributed by atoms with Crippen LogP contribution in [0.2, 0.25) is 5.15 Å². The van der Waals surface area contributed by atoms with Gasteiger partial charge in [-0.15, -0.1) is 11.3 Å². The average Bonchev–Trinajstić information content (AvgIpc) is 2.51. The van der Waals surface area contributed by atoms with Gasteiger partial charge in [-0.2, -0.15) is 0 Å². The molecule has 0 saturated heterocycles. The molecule has 0 aliphatic rings. The summed E-state index contributed by atoms with van der Waals surface area (Å²) in [4.78, 5) is 18.6. The van der Waals surface area contributed by atoms with Crippen LogP contribution in [-0.4, -0.2) is 21.0 Å². The summed E-state index contributed by atoms with van der Waals surface area (Å²) in [6.45, 7) is 0. The number of nitrogens with zero attached hydrogens (tertiary/aromatic N) is 2. The fourth-order valence-corrected chi connectivity index (χ4v) is 1.97. The van der Waals surface area contributed by atoms with Crippen molar-refractivity contribution >= 4 is 39.1 Å². The van der Waals surface area contributed by atoms with E-state index in [-0.39, 0.29) is 11.0 Å². The van der Waals surface area contributed by atoms with Crippen molar-refractivity contribution in [3.8, 4) is 0 Å².